The number of aliphatic carboxylic acids is 1. The minimum atomic E-state index is -5.08. The number of alkyl halides is 3. The molecule has 1 aliphatic heterocycles. The van der Waals surface area contributed by atoms with E-state index >= 15 is 0 Å². The zero-order chi connectivity index (χ0) is 27.0. The van der Waals surface area contributed by atoms with Crippen molar-refractivity contribution in [3.8, 4) is 5.75 Å². The molecule has 1 fully saturated rings. The molecule has 2 aromatic carbocycles. The molecule has 3 aromatic rings. The van der Waals surface area contributed by atoms with Crippen LogP contribution in [0.2, 0.25) is 5.02 Å². The first-order chi connectivity index (χ1) is 17.5. The lowest BCUT2D eigenvalue weighted by molar-refractivity contribution is -0.192. The average molecular weight is 543 g/mol. The van der Waals surface area contributed by atoms with Gasteiger partial charge in [-0.25, -0.2) is 9.18 Å². The van der Waals surface area contributed by atoms with Gasteiger partial charge >= 0.3 is 12.1 Å². The molecule has 1 saturated heterocycles. The van der Waals surface area contributed by atoms with Gasteiger partial charge in [-0.2, -0.15) is 13.2 Å². The molecule has 7 nitrogen and oxygen atoms in total. The van der Waals surface area contributed by atoms with Gasteiger partial charge in [0.2, 0.25) is 0 Å². The molecule has 0 atom stereocenters. The van der Waals surface area contributed by atoms with E-state index in [4.69, 9.17) is 30.7 Å². The minimum absolute atomic E-state index is 0.0818. The molecule has 2 N–H and O–H groups in total. The minimum Gasteiger partial charge on any atom is -0.489 e. The summed E-state index contributed by atoms with van der Waals surface area (Å²) in [5.74, 6) is -2.63. The van der Waals surface area contributed by atoms with E-state index in [9.17, 15) is 22.4 Å². The van der Waals surface area contributed by atoms with Crippen molar-refractivity contribution >= 4 is 29.2 Å². The summed E-state index contributed by atoms with van der Waals surface area (Å²) >= 11 is 6.37. The summed E-state index contributed by atoms with van der Waals surface area (Å²) < 4.78 is 55.8. The zero-order valence-electron chi connectivity index (χ0n) is 19.3. The Morgan fingerprint density at radius 3 is 2.30 bits per heavy atom. The van der Waals surface area contributed by atoms with Gasteiger partial charge in [0.05, 0.1) is 16.8 Å². The predicted octanol–water partition coefficient (Wildman–Crippen LogP) is 6.00. The lowest BCUT2D eigenvalue weighted by Gasteiger charge is -2.32. The molecule has 4 rings (SSSR count). The van der Waals surface area contributed by atoms with Gasteiger partial charge in [0, 0.05) is 25.3 Å². The van der Waals surface area contributed by atoms with Gasteiger partial charge in [0.1, 0.15) is 23.9 Å². The number of piperidine rings is 1. The summed E-state index contributed by atoms with van der Waals surface area (Å²) in [5, 5.41) is 10.4. The second kappa shape index (κ2) is 12.6. The van der Waals surface area contributed by atoms with Crippen LogP contribution in [0.5, 0.6) is 5.75 Å². The molecule has 0 bridgehead atoms. The summed E-state index contributed by atoms with van der Waals surface area (Å²) in [6.07, 6.45) is -0.397. The number of carboxylic acids is 1. The number of carbonyl (C=O) groups is 2. The van der Waals surface area contributed by atoms with Crippen molar-refractivity contribution in [3.63, 3.8) is 0 Å². The van der Waals surface area contributed by atoms with Gasteiger partial charge in [-0.1, -0.05) is 23.7 Å². The first kappa shape index (κ1) is 28.0. The van der Waals surface area contributed by atoms with Crippen LogP contribution in [0.1, 0.15) is 28.8 Å². The van der Waals surface area contributed by atoms with Crippen molar-refractivity contribution < 1.29 is 41.4 Å². The Kier molecular flexibility index (Phi) is 9.54. The Hall–Kier alpha value is -3.57. The fourth-order valence-corrected chi connectivity index (χ4v) is 3.71. The number of halogens is 5. The highest BCUT2D eigenvalue weighted by Crippen LogP contribution is 2.30. The van der Waals surface area contributed by atoms with E-state index < -0.39 is 12.1 Å². The Bertz CT molecular complexity index is 1180. The Labute approximate surface area is 214 Å². The number of furan rings is 1. The maximum Gasteiger partial charge on any atom is 0.490 e. The lowest BCUT2D eigenvalue weighted by atomic mass is 10.1. The summed E-state index contributed by atoms with van der Waals surface area (Å²) in [5.41, 5.74) is 2.14. The fourth-order valence-electron chi connectivity index (χ4n) is 3.48. The number of rotatable bonds is 6. The second-order valence-corrected chi connectivity index (χ2v) is 8.54. The largest absolute Gasteiger partial charge is 0.490 e. The number of amides is 1. The van der Waals surface area contributed by atoms with Crippen LogP contribution < -0.4 is 10.1 Å². The van der Waals surface area contributed by atoms with E-state index in [0.29, 0.717) is 22.0 Å². The van der Waals surface area contributed by atoms with Crippen LogP contribution in [0.25, 0.3) is 0 Å². The average Bonchev–Trinajstić information content (AvgIpc) is 3.39. The number of benzene rings is 2. The van der Waals surface area contributed by atoms with E-state index in [-0.39, 0.29) is 17.8 Å². The van der Waals surface area contributed by atoms with Gasteiger partial charge in [0.15, 0.2) is 0 Å². The van der Waals surface area contributed by atoms with E-state index in [0.717, 1.165) is 38.0 Å². The van der Waals surface area contributed by atoms with Gasteiger partial charge < -0.3 is 19.6 Å². The molecule has 198 valence electrons. The highest BCUT2D eigenvalue weighted by atomic mass is 35.5. The first-order valence-electron chi connectivity index (χ1n) is 11.1. The molecule has 1 amide bonds. The molecule has 12 heteroatoms. The monoisotopic (exact) mass is 542 g/mol. The number of ether oxygens (including phenoxy) is 1. The van der Waals surface area contributed by atoms with Crippen molar-refractivity contribution in [3.05, 3.63) is 83.0 Å². The Balaban J connectivity index is 0.000000479. The van der Waals surface area contributed by atoms with Crippen molar-refractivity contribution in [2.45, 2.75) is 31.7 Å². The quantitative estimate of drug-likeness (QED) is 0.371. The summed E-state index contributed by atoms with van der Waals surface area (Å²) in [7, 11) is 0. The lowest BCUT2D eigenvalue weighted by Crippen LogP contribution is -2.37. The van der Waals surface area contributed by atoms with E-state index in [1.807, 2.05) is 12.1 Å². The summed E-state index contributed by atoms with van der Waals surface area (Å²) in [6.45, 7) is 2.61. The van der Waals surface area contributed by atoms with Crippen molar-refractivity contribution in [2.75, 3.05) is 18.4 Å². The second-order valence-electron chi connectivity index (χ2n) is 8.13. The molecule has 0 unspecified atom stereocenters. The molecule has 1 aliphatic rings. The number of carbonyl (C=O) groups excluding carboxylic acids is 1. The number of nitrogens with one attached hydrogen (secondary N) is 1. The summed E-state index contributed by atoms with van der Waals surface area (Å²) in [4.78, 5) is 23.3. The van der Waals surface area contributed by atoms with Crippen molar-refractivity contribution in [1.82, 2.24) is 4.90 Å². The molecule has 0 radical (unpaired) electrons. The number of likely N-dealkylation sites (tertiary alicyclic amines) is 1. The Morgan fingerprint density at radius 1 is 1.11 bits per heavy atom. The van der Waals surface area contributed by atoms with Crippen LogP contribution in [-0.4, -0.2) is 47.3 Å². The van der Waals surface area contributed by atoms with E-state index in [1.165, 1.54) is 24.7 Å². The van der Waals surface area contributed by atoms with Crippen molar-refractivity contribution in [1.29, 1.82) is 0 Å². The number of hydrogen-bond donors (Lipinski definition) is 2. The van der Waals surface area contributed by atoms with Crippen LogP contribution in [0.15, 0.2) is 65.5 Å². The number of nitrogens with zero attached hydrogens (tertiary/aromatic N) is 1. The molecular weight excluding hydrogens is 520 g/mol. The highest BCUT2D eigenvalue weighted by molar-refractivity contribution is 6.32. The molecule has 37 heavy (non-hydrogen) atoms. The topological polar surface area (TPSA) is 92.0 Å². The number of hydrogen-bond acceptors (Lipinski definition) is 5. The molecule has 0 saturated carbocycles. The first-order valence-corrected chi connectivity index (χ1v) is 11.5. The standard InChI is InChI=1S/C23H22ClFN2O3.C2HF3O2/c24-21-13-19(26-23(28)17-9-12-29-15-17)5-6-22(21)30-20-7-10-27(11-8-20)14-16-1-3-18(25)4-2-16;3-2(4,5)1(6)7/h1-6,9,12-13,15,20H,7-8,10-11,14H2,(H,26,28);(H,6,7). The third-order valence-electron chi connectivity index (χ3n) is 5.36. The van der Waals surface area contributed by atoms with E-state index in [2.05, 4.69) is 10.2 Å². The molecule has 0 spiro atoms. The van der Waals surface area contributed by atoms with Gasteiger partial charge in [0.25, 0.3) is 5.91 Å². The van der Waals surface area contributed by atoms with Crippen LogP contribution in [0.3, 0.4) is 0 Å². The smallest absolute Gasteiger partial charge is 0.489 e. The maximum atomic E-state index is 13.0. The summed E-state index contributed by atoms with van der Waals surface area (Å²) in [6, 6.07) is 13.5. The maximum absolute atomic E-state index is 13.0. The zero-order valence-corrected chi connectivity index (χ0v) is 20.1. The molecular formula is C25H23ClF4N2O5. The SMILES string of the molecule is O=C(Nc1ccc(OC2CCN(Cc3ccc(F)cc3)CC2)c(Cl)c1)c1ccoc1.O=C(O)C(F)(F)F. The molecule has 1 aromatic heterocycles. The molecule has 2 heterocycles. The van der Waals surface area contributed by atoms with Gasteiger partial charge in [-0.05, 0) is 54.8 Å². The molecule has 0 aliphatic carbocycles. The fraction of sp³-hybridized carbons (Fsp3) is 0.280. The van der Waals surface area contributed by atoms with Gasteiger partial charge in [-0.15, -0.1) is 0 Å². The number of carboxylic acid groups (broad SMARTS) is 1. The predicted molar refractivity (Wildman–Crippen MR) is 127 cm³/mol. The van der Waals surface area contributed by atoms with E-state index in [1.54, 1.807) is 24.3 Å². The van der Waals surface area contributed by atoms with Crippen LogP contribution in [0.4, 0.5) is 23.2 Å². The van der Waals surface area contributed by atoms with Crippen molar-refractivity contribution in [2.24, 2.45) is 0 Å². The third kappa shape index (κ3) is 8.80. The highest BCUT2D eigenvalue weighted by Gasteiger charge is 2.38. The third-order valence-corrected chi connectivity index (χ3v) is 5.66. The van der Waals surface area contributed by atoms with Crippen LogP contribution in [0, 0.1) is 5.82 Å². The normalized spacial score (nSPS) is 14.4. The van der Waals surface area contributed by atoms with Crippen LogP contribution >= 0.6 is 11.6 Å². The van der Waals surface area contributed by atoms with Gasteiger partial charge in [-0.3, -0.25) is 9.69 Å². The van der Waals surface area contributed by atoms with Crippen LogP contribution in [-0.2, 0) is 11.3 Å². The number of anilines is 1. The Morgan fingerprint density at radius 2 is 1.76 bits per heavy atom.